The fourth-order valence-electron chi connectivity index (χ4n) is 1.45. The topological polar surface area (TPSA) is 55.9 Å². The molecule has 0 atom stereocenters. The predicted octanol–water partition coefficient (Wildman–Crippen LogP) is 3.02. The van der Waals surface area contributed by atoms with E-state index in [1.165, 1.54) is 0 Å². The molecule has 0 radical (unpaired) electrons. The summed E-state index contributed by atoms with van der Waals surface area (Å²) in [7, 11) is 0. The molecule has 1 aromatic heterocycles. The highest BCUT2D eigenvalue weighted by molar-refractivity contribution is 8.00. The number of nitrogen functional groups attached to an aromatic ring is 1. The molecule has 104 valence electrons. The van der Waals surface area contributed by atoms with Crippen LogP contribution in [0.2, 0.25) is 0 Å². The van der Waals surface area contributed by atoms with Crippen molar-refractivity contribution in [1.82, 2.24) is 9.78 Å². The van der Waals surface area contributed by atoms with Crippen LogP contribution in [0.1, 0.15) is 25.6 Å². The molecule has 0 spiro atoms. The van der Waals surface area contributed by atoms with E-state index >= 15 is 0 Å². The van der Waals surface area contributed by atoms with Gasteiger partial charge in [-0.3, -0.25) is 0 Å². The molecule has 0 aliphatic heterocycles. The van der Waals surface area contributed by atoms with E-state index in [0.717, 1.165) is 0 Å². The molecule has 0 fully saturated rings. The predicted molar refractivity (Wildman–Crippen MR) is 68.8 cm³/mol. The quantitative estimate of drug-likeness (QED) is 0.815. The number of hydrogen-bond acceptors (Lipinski definition) is 4. The van der Waals surface area contributed by atoms with Gasteiger partial charge in [-0.25, -0.2) is 4.68 Å². The Morgan fingerprint density at radius 2 is 2.06 bits per heavy atom. The third-order valence-electron chi connectivity index (χ3n) is 2.28. The Bertz CT molecular complexity index is 401. The Morgan fingerprint density at radius 1 is 1.44 bits per heavy atom. The van der Waals surface area contributed by atoms with Gasteiger partial charge in [0.05, 0.1) is 11.4 Å². The van der Waals surface area contributed by atoms with Crippen LogP contribution in [0.3, 0.4) is 0 Å². The fourth-order valence-corrected chi connectivity index (χ4v) is 1.88. The van der Waals surface area contributed by atoms with Gasteiger partial charge >= 0.3 is 5.51 Å². The van der Waals surface area contributed by atoms with E-state index in [4.69, 9.17) is 5.73 Å². The second-order valence-corrected chi connectivity index (χ2v) is 5.27. The first-order valence-electron chi connectivity index (χ1n) is 5.51. The molecule has 0 saturated heterocycles. The summed E-state index contributed by atoms with van der Waals surface area (Å²) >= 11 is -0.0533. The molecule has 1 rings (SSSR count). The standard InChI is InChI=1S/C10H17F3N4S/c1-6(2)17-9(8(14)7(3)16-17)15-4-5-18-10(11,12)13/h6,15H,4-5,14H2,1-3H3. The zero-order valence-electron chi connectivity index (χ0n) is 10.5. The largest absolute Gasteiger partial charge is 0.441 e. The molecule has 3 N–H and O–H groups in total. The third kappa shape index (κ3) is 4.01. The van der Waals surface area contributed by atoms with Gasteiger partial charge in [-0.05, 0) is 32.5 Å². The number of aryl methyl sites for hydroxylation is 1. The minimum absolute atomic E-state index is 0.0533. The number of thioether (sulfide) groups is 1. The highest BCUT2D eigenvalue weighted by atomic mass is 32.2. The van der Waals surface area contributed by atoms with Gasteiger partial charge in [0.25, 0.3) is 0 Å². The van der Waals surface area contributed by atoms with Crippen LogP contribution < -0.4 is 11.1 Å². The molecule has 0 aromatic carbocycles. The highest BCUT2D eigenvalue weighted by Gasteiger charge is 2.27. The number of nitrogens with zero attached hydrogens (tertiary/aromatic N) is 2. The first kappa shape index (κ1) is 15.0. The molecular formula is C10H17F3N4S. The van der Waals surface area contributed by atoms with Crippen LogP contribution in [0, 0.1) is 6.92 Å². The smallest absolute Gasteiger partial charge is 0.394 e. The van der Waals surface area contributed by atoms with E-state index in [-0.39, 0.29) is 30.1 Å². The van der Waals surface area contributed by atoms with Gasteiger partial charge in [-0.1, -0.05) is 0 Å². The van der Waals surface area contributed by atoms with Crippen molar-refractivity contribution in [3.63, 3.8) is 0 Å². The first-order chi connectivity index (χ1) is 8.22. The minimum atomic E-state index is -4.19. The van der Waals surface area contributed by atoms with E-state index in [0.29, 0.717) is 17.2 Å². The third-order valence-corrected chi connectivity index (χ3v) is 3.02. The van der Waals surface area contributed by atoms with Gasteiger partial charge in [0.15, 0.2) is 0 Å². The molecule has 0 unspecified atom stereocenters. The van der Waals surface area contributed by atoms with E-state index in [9.17, 15) is 13.2 Å². The molecular weight excluding hydrogens is 265 g/mol. The van der Waals surface area contributed by atoms with Crippen LogP contribution in [0.25, 0.3) is 0 Å². The van der Waals surface area contributed by atoms with E-state index in [1.807, 2.05) is 13.8 Å². The van der Waals surface area contributed by atoms with Gasteiger partial charge < -0.3 is 11.1 Å². The molecule has 18 heavy (non-hydrogen) atoms. The maximum atomic E-state index is 12.0. The van der Waals surface area contributed by atoms with E-state index in [2.05, 4.69) is 10.4 Å². The first-order valence-corrected chi connectivity index (χ1v) is 6.50. The van der Waals surface area contributed by atoms with Crippen molar-refractivity contribution in [1.29, 1.82) is 0 Å². The maximum Gasteiger partial charge on any atom is 0.441 e. The summed E-state index contributed by atoms with van der Waals surface area (Å²) in [6, 6.07) is 0.0961. The zero-order valence-corrected chi connectivity index (χ0v) is 11.3. The second kappa shape index (κ2) is 5.73. The number of alkyl halides is 3. The summed E-state index contributed by atoms with van der Waals surface area (Å²) in [4.78, 5) is 0. The number of hydrogen-bond donors (Lipinski definition) is 2. The summed E-state index contributed by atoms with van der Waals surface area (Å²) in [5.74, 6) is 0.524. The highest BCUT2D eigenvalue weighted by Crippen LogP contribution is 2.30. The van der Waals surface area contributed by atoms with Crippen molar-refractivity contribution in [3.05, 3.63) is 5.69 Å². The molecule has 4 nitrogen and oxygen atoms in total. The second-order valence-electron chi connectivity index (χ2n) is 4.11. The van der Waals surface area contributed by atoms with E-state index in [1.54, 1.807) is 11.6 Å². The van der Waals surface area contributed by atoms with Crippen LogP contribution >= 0.6 is 11.8 Å². The van der Waals surface area contributed by atoms with Crippen molar-refractivity contribution in [3.8, 4) is 0 Å². The Morgan fingerprint density at radius 3 is 2.56 bits per heavy atom. The summed E-state index contributed by atoms with van der Waals surface area (Å²) in [5.41, 5.74) is 2.80. The lowest BCUT2D eigenvalue weighted by Crippen LogP contribution is -2.14. The number of nitrogens with two attached hydrogens (primary N) is 1. The van der Waals surface area contributed by atoms with Crippen LogP contribution in [-0.2, 0) is 0 Å². The van der Waals surface area contributed by atoms with Gasteiger partial charge in [0, 0.05) is 18.3 Å². The number of halogens is 3. The Kier molecular flexibility index (Phi) is 4.78. The Labute approximate surface area is 108 Å². The van der Waals surface area contributed by atoms with Crippen molar-refractivity contribution in [2.24, 2.45) is 0 Å². The number of anilines is 2. The lowest BCUT2D eigenvalue weighted by Gasteiger charge is -2.13. The van der Waals surface area contributed by atoms with Crippen LogP contribution in [0.4, 0.5) is 24.7 Å². The van der Waals surface area contributed by atoms with Crippen molar-refractivity contribution >= 4 is 23.3 Å². The van der Waals surface area contributed by atoms with Gasteiger partial charge in [-0.15, -0.1) is 0 Å². The summed E-state index contributed by atoms with van der Waals surface area (Å²) in [5, 5.41) is 7.15. The lowest BCUT2D eigenvalue weighted by atomic mass is 10.3. The van der Waals surface area contributed by atoms with Gasteiger partial charge in [-0.2, -0.15) is 18.3 Å². The number of nitrogens with one attached hydrogen (secondary N) is 1. The van der Waals surface area contributed by atoms with Crippen molar-refractivity contribution in [2.75, 3.05) is 23.3 Å². The molecule has 1 aromatic rings. The van der Waals surface area contributed by atoms with Crippen molar-refractivity contribution in [2.45, 2.75) is 32.3 Å². The fraction of sp³-hybridized carbons (Fsp3) is 0.700. The molecule has 8 heteroatoms. The normalized spacial score (nSPS) is 12.2. The molecule has 0 aliphatic carbocycles. The monoisotopic (exact) mass is 282 g/mol. The molecule has 1 heterocycles. The van der Waals surface area contributed by atoms with Gasteiger partial charge in [0.1, 0.15) is 5.82 Å². The minimum Gasteiger partial charge on any atom is -0.394 e. The molecule has 0 amide bonds. The van der Waals surface area contributed by atoms with Crippen LogP contribution in [0.5, 0.6) is 0 Å². The maximum absolute atomic E-state index is 12.0. The van der Waals surface area contributed by atoms with Crippen LogP contribution in [0.15, 0.2) is 0 Å². The van der Waals surface area contributed by atoms with Crippen molar-refractivity contribution < 1.29 is 13.2 Å². The van der Waals surface area contributed by atoms with E-state index < -0.39 is 5.51 Å². The summed E-state index contributed by atoms with van der Waals surface area (Å²) < 4.78 is 37.6. The number of rotatable bonds is 5. The van der Waals surface area contributed by atoms with Gasteiger partial charge in [0.2, 0.25) is 0 Å². The lowest BCUT2D eigenvalue weighted by molar-refractivity contribution is -0.0327. The average molecular weight is 282 g/mol. The Balaban J connectivity index is 2.61. The Hall–Kier alpha value is -1.05. The molecule has 0 bridgehead atoms. The molecule has 0 aliphatic rings. The zero-order chi connectivity index (χ0) is 13.9. The average Bonchev–Trinajstić information content (AvgIpc) is 2.50. The van der Waals surface area contributed by atoms with Crippen LogP contribution in [-0.4, -0.2) is 27.6 Å². The SMILES string of the molecule is Cc1nn(C(C)C)c(NCCSC(F)(F)F)c1N. The summed E-state index contributed by atoms with van der Waals surface area (Å²) in [6.45, 7) is 5.82. The molecule has 0 saturated carbocycles. The number of aromatic nitrogens is 2. The summed E-state index contributed by atoms with van der Waals surface area (Å²) in [6.07, 6.45) is 0.